The summed E-state index contributed by atoms with van der Waals surface area (Å²) in [5, 5.41) is 0.603. The largest absolute Gasteiger partial charge is 0.492 e. The van der Waals surface area contributed by atoms with Gasteiger partial charge < -0.3 is 9.72 Å². The minimum Gasteiger partial charge on any atom is -0.492 e. The summed E-state index contributed by atoms with van der Waals surface area (Å²) in [6.07, 6.45) is 1.78. The lowest BCUT2D eigenvalue weighted by Gasteiger charge is -2.06. The fraction of sp³-hybridized carbons (Fsp3) is 0.250. The molecule has 5 heteroatoms. The summed E-state index contributed by atoms with van der Waals surface area (Å²) in [6.45, 7) is 2.53. The molecule has 17 heavy (non-hydrogen) atoms. The molecular formula is C12H13ClN2OS. The summed E-state index contributed by atoms with van der Waals surface area (Å²) in [4.78, 5) is 7.36. The van der Waals surface area contributed by atoms with Crippen molar-refractivity contribution in [1.29, 1.82) is 0 Å². The molecule has 0 amide bonds. The third-order valence-corrected chi connectivity index (χ3v) is 2.92. The number of aromatic nitrogens is 2. The van der Waals surface area contributed by atoms with Gasteiger partial charge in [0.1, 0.15) is 11.6 Å². The van der Waals surface area contributed by atoms with E-state index in [1.807, 2.05) is 25.1 Å². The van der Waals surface area contributed by atoms with Crippen molar-refractivity contribution in [3.63, 3.8) is 0 Å². The average Bonchev–Trinajstić information content (AvgIpc) is 2.80. The molecule has 0 bridgehead atoms. The summed E-state index contributed by atoms with van der Waals surface area (Å²) in [5.74, 6) is 2.13. The maximum atomic E-state index is 6.12. The van der Waals surface area contributed by atoms with Crippen molar-refractivity contribution >= 4 is 24.2 Å². The van der Waals surface area contributed by atoms with Gasteiger partial charge in [0.05, 0.1) is 23.5 Å². The molecule has 0 unspecified atom stereocenters. The van der Waals surface area contributed by atoms with Crippen LogP contribution in [0.4, 0.5) is 0 Å². The highest BCUT2D eigenvalue weighted by Crippen LogP contribution is 2.29. The van der Waals surface area contributed by atoms with Crippen molar-refractivity contribution in [3.05, 3.63) is 35.2 Å². The number of nitrogens with zero attached hydrogens (tertiary/aromatic N) is 1. The molecule has 0 radical (unpaired) electrons. The number of hydrogen-bond acceptors (Lipinski definition) is 3. The second-order valence-electron chi connectivity index (χ2n) is 3.48. The van der Waals surface area contributed by atoms with Gasteiger partial charge in [-0.1, -0.05) is 11.6 Å². The Labute approximate surface area is 111 Å². The van der Waals surface area contributed by atoms with Gasteiger partial charge in [-0.3, -0.25) is 0 Å². The van der Waals surface area contributed by atoms with Gasteiger partial charge in [-0.25, -0.2) is 4.98 Å². The van der Waals surface area contributed by atoms with Gasteiger partial charge in [-0.05, 0) is 25.1 Å². The smallest absolute Gasteiger partial charge is 0.137 e. The standard InChI is InChI=1S/C12H13ClN2OS/c1-2-16-11-4-3-8(5-9(11)13)10-6-14-12(7-17)15-10/h3-6,17H,2,7H2,1H3,(H,14,15). The molecule has 1 aromatic heterocycles. The SMILES string of the molecule is CCOc1ccc(-c2cnc(CS)[nH]2)cc1Cl. The predicted octanol–water partition coefficient (Wildman–Crippen LogP) is 3.56. The molecule has 1 heterocycles. The Hall–Kier alpha value is -1.13. The van der Waals surface area contributed by atoms with E-state index < -0.39 is 0 Å². The predicted molar refractivity (Wildman–Crippen MR) is 72.9 cm³/mol. The monoisotopic (exact) mass is 268 g/mol. The first kappa shape index (κ1) is 12.3. The molecule has 2 aromatic rings. The van der Waals surface area contributed by atoms with Gasteiger partial charge in [0.2, 0.25) is 0 Å². The van der Waals surface area contributed by atoms with Crippen LogP contribution in [0.2, 0.25) is 5.02 Å². The third kappa shape index (κ3) is 2.76. The van der Waals surface area contributed by atoms with Crippen LogP contribution >= 0.6 is 24.2 Å². The molecule has 0 aliphatic heterocycles. The van der Waals surface area contributed by atoms with Crippen LogP contribution in [0.25, 0.3) is 11.3 Å². The van der Waals surface area contributed by atoms with Crippen LogP contribution < -0.4 is 4.74 Å². The highest BCUT2D eigenvalue weighted by Gasteiger charge is 2.06. The molecule has 1 aromatic carbocycles. The highest BCUT2D eigenvalue weighted by atomic mass is 35.5. The van der Waals surface area contributed by atoms with Gasteiger partial charge in [0, 0.05) is 11.3 Å². The van der Waals surface area contributed by atoms with E-state index >= 15 is 0 Å². The third-order valence-electron chi connectivity index (χ3n) is 2.32. The number of nitrogens with one attached hydrogen (secondary N) is 1. The zero-order chi connectivity index (χ0) is 12.3. The maximum absolute atomic E-state index is 6.12. The quantitative estimate of drug-likeness (QED) is 0.832. The number of thiol groups is 1. The minimum absolute atomic E-state index is 0.588. The van der Waals surface area contributed by atoms with E-state index in [2.05, 4.69) is 22.6 Å². The van der Waals surface area contributed by atoms with Crippen molar-refractivity contribution in [2.45, 2.75) is 12.7 Å². The van der Waals surface area contributed by atoms with E-state index in [1.54, 1.807) is 6.20 Å². The molecule has 2 rings (SSSR count). The fourth-order valence-corrected chi connectivity index (χ4v) is 1.93. The van der Waals surface area contributed by atoms with Crippen molar-refractivity contribution in [2.75, 3.05) is 6.61 Å². The Bertz CT molecular complexity index is 513. The van der Waals surface area contributed by atoms with Crippen LogP contribution in [0, 0.1) is 0 Å². The zero-order valence-electron chi connectivity index (χ0n) is 9.40. The number of hydrogen-bond donors (Lipinski definition) is 2. The van der Waals surface area contributed by atoms with Gasteiger partial charge >= 0.3 is 0 Å². The summed E-state index contributed by atoms with van der Waals surface area (Å²) in [5.41, 5.74) is 1.91. The molecule has 0 spiro atoms. The molecule has 3 nitrogen and oxygen atoms in total. The Morgan fingerprint density at radius 1 is 1.47 bits per heavy atom. The van der Waals surface area contributed by atoms with E-state index in [0.29, 0.717) is 23.1 Å². The molecule has 0 aliphatic rings. The molecular weight excluding hydrogens is 256 g/mol. The molecule has 0 saturated carbocycles. The van der Waals surface area contributed by atoms with Crippen LogP contribution in [0.1, 0.15) is 12.7 Å². The van der Waals surface area contributed by atoms with Crippen LogP contribution in [-0.4, -0.2) is 16.6 Å². The molecule has 90 valence electrons. The first-order chi connectivity index (χ1) is 8.24. The number of ether oxygens (including phenoxy) is 1. The Kier molecular flexibility index (Phi) is 3.97. The second kappa shape index (κ2) is 5.47. The number of aromatic amines is 1. The lowest BCUT2D eigenvalue weighted by Crippen LogP contribution is -1.92. The molecule has 0 aliphatic carbocycles. The molecule has 1 N–H and O–H groups in total. The normalized spacial score (nSPS) is 10.5. The maximum Gasteiger partial charge on any atom is 0.137 e. The van der Waals surface area contributed by atoms with Crippen molar-refractivity contribution in [3.8, 4) is 17.0 Å². The van der Waals surface area contributed by atoms with Gasteiger partial charge in [0.15, 0.2) is 0 Å². The highest BCUT2D eigenvalue weighted by molar-refractivity contribution is 7.79. The zero-order valence-corrected chi connectivity index (χ0v) is 11.1. The summed E-state index contributed by atoms with van der Waals surface area (Å²) >= 11 is 10.3. The Balaban J connectivity index is 2.30. The molecule has 0 atom stereocenters. The minimum atomic E-state index is 0.588. The number of rotatable bonds is 4. The summed E-state index contributed by atoms with van der Waals surface area (Å²) in [7, 11) is 0. The summed E-state index contributed by atoms with van der Waals surface area (Å²) < 4.78 is 5.38. The lowest BCUT2D eigenvalue weighted by atomic mass is 10.1. The second-order valence-corrected chi connectivity index (χ2v) is 4.20. The molecule has 0 fully saturated rings. The van der Waals surface area contributed by atoms with Gasteiger partial charge in [0.25, 0.3) is 0 Å². The van der Waals surface area contributed by atoms with E-state index in [9.17, 15) is 0 Å². The lowest BCUT2D eigenvalue weighted by molar-refractivity contribution is 0.340. The number of benzene rings is 1. The van der Waals surface area contributed by atoms with E-state index in [1.165, 1.54) is 0 Å². The van der Waals surface area contributed by atoms with Crippen molar-refractivity contribution < 1.29 is 4.74 Å². The van der Waals surface area contributed by atoms with Crippen LogP contribution in [0.15, 0.2) is 24.4 Å². The average molecular weight is 269 g/mol. The number of halogens is 1. The van der Waals surface area contributed by atoms with E-state index in [4.69, 9.17) is 16.3 Å². The van der Waals surface area contributed by atoms with Crippen LogP contribution in [-0.2, 0) is 5.75 Å². The van der Waals surface area contributed by atoms with E-state index in [0.717, 1.165) is 17.1 Å². The number of imidazole rings is 1. The Morgan fingerprint density at radius 3 is 2.88 bits per heavy atom. The Morgan fingerprint density at radius 2 is 2.29 bits per heavy atom. The van der Waals surface area contributed by atoms with Gasteiger partial charge in [-0.15, -0.1) is 0 Å². The number of H-pyrrole nitrogens is 1. The van der Waals surface area contributed by atoms with Crippen LogP contribution in [0.5, 0.6) is 5.75 Å². The van der Waals surface area contributed by atoms with E-state index in [-0.39, 0.29) is 0 Å². The van der Waals surface area contributed by atoms with Crippen molar-refractivity contribution in [1.82, 2.24) is 9.97 Å². The van der Waals surface area contributed by atoms with Gasteiger partial charge in [-0.2, -0.15) is 12.6 Å². The summed E-state index contributed by atoms with van der Waals surface area (Å²) in [6, 6.07) is 5.68. The fourth-order valence-electron chi connectivity index (χ4n) is 1.53. The first-order valence-electron chi connectivity index (χ1n) is 5.32. The topological polar surface area (TPSA) is 37.9 Å². The molecule has 0 saturated heterocycles. The van der Waals surface area contributed by atoms with Crippen LogP contribution in [0.3, 0.4) is 0 Å². The van der Waals surface area contributed by atoms with Crippen molar-refractivity contribution in [2.24, 2.45) is 0 Å². The first-order valence-corrected chi connectivity index (χ1v) is 6.33.